The molecular formula is C13H13FN2O3. The van der Waals surface area contributed by atoms with Crippen molar-refractivity contribution < 1.29 is 19.0 Å². The van der Waals surface area contributed by atoms with Gasteiger partial charge in [-0.15, -0.1) is 0 Å². The standard InChI is InChI=1S/C13H13FN2O3/c1-2-16-7-9(15-12(16)13(17)18)8-19-11-6-4-3-5-10(11)14/h3-7H,2,8H2,1H3,(H,17,18). The van der Waals surface area contributed by atoms with Crippen LogP contribution >= 0.6 is 0 Å². The van der Waals surface area contributed by atoms with Crippen molar-refractivity contribution in [3.05, 3.63) is 47.8 Å². The Hall–Kier alpha value is -2.37. The van der Waals surface area contributed by atoms with Crippen LogP contribution in [0.5, 0.6) is 5.75 Å². The summed E-state index contributed by atoms with van der Waals surface area (Å²) in [6.07, 6.45) is 1.59. The van der Waals surface area contributed by atoms with Crippen LogP contribution in [0.2, 0.25) is 0 Å². The van der Waals surface area contributed by atoms with E-state index in [-0.39, 0.29) is 18.2 Å². The molecule has 1 N–H and O–H groups in total. The number of hydrogen-bond donors (Lipinski definition) is 1. The van der Waals surface area contributed by atoms with Gasteiger partial charge in [-0.1, -0.05) is 12.1 Å². The van der Waals surface area contributed by atoms with Crippen molar-refractivity contribution in [2.75, 3.05) is 0 Å². The minimum Gasteiger partial charge on any atom is -0.484 e. The van der Waals surface area contributed by atoms with E-state index in [9.17, 15) is 9.18 Å². The summed E-state index contributed by atoms with van der Waals surface area (Å²) in [5.74, 6) is -1.49. The molecule has 1 aromatic heterocycles. The number of aryl methyl sites for hydroxylation is 1. The lowest BCUT2D eigenvalue weighted by atomic mass is 10.3. The van der Waals surface area contributed by atoms with Crippen LogP contribution in [0.3, 0.4) is 0 Å². The van der Waals surface area contributed by atoms with Gasteiger partial charge in [-0.2, -0.15) is 0 Å². The van der Waals surface area contributed by atoms with Gasteiger partial charge >= 0.3 is 5.97 Å². The van der Waals surface area contributed by atoms with Crippen LogP contribution in [0, 0.1) is 5.82 Å². The lowest BCUT2D eigenvalue weighted by molar-refractivity contribution is 0.0678. The number of ether oxygens (including phenoxy) is 1. The molecule has 5 nitrogen and oxygen atoms in total. The van der Waals surface area contributed by atoms with Gasteiger partial charge in [0.05, 0.1) is 5.69 Å². The summed E-state index contributed by atoms with van der Waals surface area (Å²) in [5.41, 5.74) is 0.447. The second-order valence-electron chi connectivity index (χ2n) is 3.87. The van der Waals surface area contributed by atoms with Crippen molar-refractivity contribution >= 4 is 5.97 Å². The Kier molecular flexibility index (Phi) is 3.79. The molecule has 1 heterocycles. The predicted octanol–water partition coefficient (Wildman–Crippen LogP) is 2.32. The zero-order valence-electron chi connectivity index (χ0n) is 10.3. The number of imidazole rings is 1. The highest BCUT2D eigenvalue weighted by molar-refractivity contribution is 5.83. The van der Waals surface area contributed by atoms with Crippen molar-refractivity contribution in [2.24, 2.45) is 0 Å². The molecule has 2 rings (SSSR count). The number of carboxylic acids is 1. The summed E-state index contributed by atoms with van der Waals surface area (Å²) < 4.78 is 20.1. The summed E-state index contributed by atoms with van der Waals surface area (Å²) >= 11 is 0. The lowest BCUT2D eigenvalue weighted by Gasteiger charge is -2.04. The van der Waals surface area contributed by atoms with Crippen LogP contribution in [0.25, 0.3) is 0 Å². The molecule has 0 spiro atoms. The fourth-order valence-electron chi connectivity index (χ4n) is 1.66. The van der Waals surface area contributed by atoms with E-state index in [1.165, 1.54) is 16.7 Å². The number of hydrogen-bond acceptors (Lipinski definition) is 3. The molecule has 0 bridgehead atoms. The third-order valence-corrected chi connectivity index (χ3v) is 2.57. The van der Waals surface area contributed by atoms with Crippen LogP contribution in [-0.2, 0) is 13.2 Å². The van der Waals surface area contributed by atoms with E-state index in [1.54, 1.807) is 18.3 Å². The minimum absolute atomic E-state index is 0.0220. The van der Waals surface area contributed by atoms with E-state index in [4.69, 9.17) is 9.84 Å². The third-order valence-electron chi connectivity index (χ3n) is 2.57. The fourth-order valence-corrected chi connectivity index (χ4v) is 1.66. The first kappa shape index (κ1) is 13.1. The largest absolute Gasteiger partial charge is 0.484 e. The Bertz CT molecular complexity index is 595. The first-order chi connectivity index (χ1) is 9.11. The molecule has 1 aromatic carbocycles. The number of halogens is 1. The second-order valence-corrected chi connectivity index (χ2v) is 3.87. The summed E-state index contributed by atoms with van der Waals surface area (Å²) in [7, 11) is 0. The maximum Gasteiger partial charge on any atom is 0.372 e. The zero-order valence-corrected chi connectivity index (χ0v) is 10.3. The number of para-hydroxylation sites is 1. The molecule has 0 fully saturated rings. The van der Waals surface area contributed by atoms with Gasteiger partial charge in [-0.05, 0) is 19.1 Å². The van der Waals surface area contributed by atoms with Crippen LogP contribution in [0.15, 0.2) is 30.5 Å². The van der Waals surface area contributed by atoms with Crippen molar-refractivity contribution in [3.63, 3.8) is 0 Å². The highest BCUT2D eigenvalue weighted by Gasteiger charge is 2.14. The van der Waals surface area contributed by atoms with Gasteiger partial charge in [-0.25, -0.2) is 14.2 Å². The van der Waals surface area contributed by atoms with Crippen LogP contribution in [0.1, 0.15) is 23.2 Å². The van der Waals surface area contributed by atoms with Gasteiger partial charge in [0.1, 0.15) is 6.61 Å². The molecule has 0 unspecified atom stereocenters. The Balaban J connectivity index is 2.12. The average Bonchev–Trinajstić information content (AvgIpc) is 2.81. The van der Waals surface area contributed by atoms with Gasteiger partial charge in [-0.3, -0.25) is 0 Å². The summed E-state index contributed by atoms with van der Waals surface area (Å²) in [4.78, 5) is 14.9. The topological polar surface area (TPSA) is 64.4 Å². The number of aromatic carboxylic acids is 1. The Labute approximate surface area is 109 Å². The molecule has 0 saturated heterocycles. The van der Waals surface area contributed by atoms with E-state index >= 15 is 0 Å². The monoisotopic (exact) mass is 264 g/mol. The molecule has 0 aliphatic heterocycles. The molecule has 0 aliphatic rings. The number of aromatic nitrogens is 2. The molecule has 100 valence electrons. The average molecular weight is 264 g/mol. The number of carboxylic acid groups (broad SMARTS) is 1. The molecule has 0 amide bonds. The lowest BCUT2D eigenvalue weighted by Crippen LogP contribution is -2.07. The molecule has 6 heteroatoms. The number of nitrogens with zero attached hydrogens (tertiary/aromatic N) is 2. The Morgan fingerprint density at radius 2 is 2.21 bits per heavy atom. The summed E-state index contributed by atoms with van der Waals surface area (Å²) in [5, 5.41) is 8.96. The van der Waals surface area contributed by atoms with Gasteiger partial charge < -0.3 is 14.4 Å². The normalized spacial score (nSPS) is 10.4. The maximum absolute atomic E-state index is 13.3. The Morgan fingerprint density at radius 1 is 1.47 bits per heavy atom. The minimum atomic E-state index is -1.10. The van der Waals surface area contributed by atoms with E-state index < -0.39 is 11.8 Å². The van der Waals surface area contributed by atoms with Crippen LogP contribution in [-0.4, -0.2) is 20.6 Å². The number of rotatable bonds is 5. The van der Waals surface area contributed by atoms with E-state index in [0.717, 1.165) is 0 Å². The van der Waals surface area contributed by atoms with Crippen LogP contribution in [0.4, 0.5) is 4.39 Å². The van der Waals surface area contributed by atoms with Crippen molar-refractivity contribution in [1.82, 2.24) is 9.55 Å². The fraction of sp³-hybridized carbons (Fsp3) is 0.231. The van der Waals surface area contributed by atoms with Crippen molar-refractivity contribution in [3.8, 4) is 5.75 Å². The van der Waals surface area contributed by atoms with Gasteiger partial charge in [0.25, 0.3) is 0 Å². The van der Waals surface area contributed by atoms with Gasteiger partial charge in [0, 0.05) is 12.7 Å². The van der Waals surface area contributed by atoms with Gasteiger partial charge in [0.2, 0.25) is 5.82 Å². The number of benzene rings is 1. The first-order valence-electron chi connectivity index (χ1n) is 5.78. The van der Waals surface area contributed by atoms with E-state index in [1.807, 2.05) is 6.92 Å². The maximum atomic E-state index is 13.3. The highest BCUT2D eigenvalue weighted by Crippen LogP contribution is 2.17. The zero-order chi connectivity index (χ0) is 13.8. The number of carbonyl (C=O) groups is 1. The second kappa shape index (κ2) is 5.51. The molecule has 0 radical (unpaired) electrons. The Morgan fingerprint density at radius 3 is 2.79 bits per heavy atom. The molecule has 0 atom stereocenters. The smallest absolute Gasteiger partial charge is 0.372 e. The quantitative estimate of drug-likeness (QED) is 0.900. The summed E-state index contributed by atoms with van der Waals surface area (Å²) in [6, 6.07) is 6.02. The van der Waals surface area contributed by atoms with Crippen LogP contribution < -0.4 is 4.74 Å². The van der Waals surface area contributed by atoms with E-state index in [0.29, 0.717) is 12.2 Å². The van der Waals surface area contributed by atoms with Gasteiger partial charge in [0.15, 0.2) is 11.6 Å². The highest BCUT2D eigenvalue weighted by atomic mass is 19.1. The molecule has 19 heavy (non-hydrogen) atoms. The molecule has 0 saturated carbocycles. The SMILES string of the molecule is CCn1cc(COc2ccccc2F)nc1C(=O)O. The van der Waals surface area contributed by atoms with Crippen molar-refractivity contribution in [2.45, 2.75) is 20.1 Å². The third kappa shape index (κ3) is 2.90. The van der Waals surface area contributed by atoms with E-state index in [2.05, 4.69) is 4.98 Å². The first-order valence-corrected chi connectivity index (χ1v) is 5.78. The molecule has 2 aromatic rings. The molecular weight excluding hydrogens is 251 g/mol. The predicted molar refractivity (Wildman–Crippen MR) is 65.6 cm³/mol. The van der Waals surface area contributed by atoms with Crippen molar-refractivity contribution in [1.29, 1.82) is 0 Å². The molecule has 0 aliphatic carbocycles. The summed E-state index contributed by atoms with van der Waals surface area (Å²) in [6.45, 7) is 2.33.